The van der Waals surface area contributed by atoms with E-state index in [1.807, 2.05) is 45.0 Å². The maximum atomic E-state index is 11.8. The highest BCUT2D eigenvalue weighted by molar-refractivity contribution is 7.88. The molecule has 0 fully saturated rings. The second-order valence-electron chi connectivity index (χ2n) is 5.83. The van der Waals surface area contributed by atoms with Crippen molar-refractivity contribution in [1.82, 2.24) is 9.62 Å². The lowest BCUT2D eigenvalue weighted by Gasteiger charge is -2.23. The lowest BCUT2D eigenvalue weighted by Crippen LogP contribution is -2.38. The van der Waals surface area contributed by atoms with Crippen LogP contribution < -0.4 is 5.32 Å². The minimum absolute atomic E-state index is 0.0423. The van der Waals surface area contributed by atoms with Gasteiger partial charge in [-0.05, 0) is 32.8 Å². The molecule has 0 unspecified atom stereocenters. The van der Waals surface area contributed by atoms with E-state index in [1.54, 1.807) is 0 Å². The summed E-state index contributed by atoms with van der Waals surface area (Å²) in [5, 5.41) is 2.83. The highest BCUT2D eigenvalue weighted by atomic mass is 32.2. The predicted octanol–water partition coefficient (Wildman–Crippen LogP) is 1.71. The minimum Gasteiger partial charge on any atom is -0.356 e. The zero-order chi connectivity index (χ0) is 16.8. The van der Waals surface area contributed by atoms with Crippen molar-refractivity contribution in [1.29, 1.82) is 0 Å². The van der Waals surface area contributed by atoms with Crippen molar-refractivity contribution in [2.24, 2.45) is 0 Å². The van der Waals surface area contributed by atoms with E-state index in [4.69, 9.17) is 0 Å². The van der Waals surface area contributed by atoms with Crippen LogP contribution >= 0.6 is 0 Å². The third kappa shape index (κ3) is 6.58. The van der Waals surface area contributed by atoms with Gasteiger partial charge in [-0.15, -0.1) is 0 Å². The molecule has 0 aromatic heterocycles. The number of carbonyl (C=O) groups excluding carboxylic acids is 1. The van der Waals surface area contributed by atoms with Crippen LogP contribution in [0.4, 0.5) is 0 Å². The summed E-state index contributed by atoms with van der Waals surface area (Å²) in [6.07, 6.45) is 2.16. The number of hydrogen-bond donors (Lipinski definition) is 1. The number of nitrogens with one attached hydrogen (secondary N) is 1. The molecule has 0 bridgehead atoms. The van der Waals surface area contributed by atoms with Crippen LogP contribution in [0.2, 0.25) is 0 Å². The predicted molar refractivity (Wildman–Crippen MR) is 89.2 cm³/mol. The number of rotatable bonds is 8. The number of benzene rings is 1. The number of nitrogens with zero attached hydrogens (tertiary/aromatic N) is 1. The first-order valence-electron chi connectivity index (χ1n) is 7.49. The normalized spacial score (nSPS) is 11.9. The van der Waals surface area contributed by atoms with Crippen LogP contribution in [0.15, 0.2) is 24.3 Å². The van der Waals surface area contributed by atoms with Gasteiger partial charge in [0.15, 0.2) is 0 Å². The Morgan fingerprint density at radius 3 is 2.32 bits per heavy atom. The SMILES string of the molecule is Cc1ccc(CC(=O)NCCCN(C(C)C)S(C)(=O)=O)cc1. The fourth-order valence-corrected chi connectivity index (χ4v) is 3.45. The largest absolute Gasteiger partial charge is 0.356 e. The van der Waals surface area contributed by atoms with Gasteiger partial charge in [0.25, 0.3) is 0 Å². The van der Waals surface area contributed by atoms with E-state index in [2.05, 4.69) is 5.32 Å². The molecule has 0 heterocycles. The van der Waals surface area contributed by atoms with Gasteiger partial charge in [0.2, 0.25) is 15.9 Å². The summed E-state index contributed by atoms with van der Waals surface area (Å²) in [5.41, 5.74) is 2.14. The second-order valence-corrected chi connectivity index (χ2v) is 7.77. The molecular formula is C16H26N2O3S. The molecule has 5 nitrogen and oxygen atoms in total. The molecule has 1 amide bonds. The summed E-state index contributed by atoms with van der Waals surface area (Å²) in [5.74, 6) is -0.0423. The van der Waals surface area contributed by atoms with E-state index in [0.29, 0.717) is 25.9 Å². The highest BCUT2D eigenvalue weighted by Gasteiger charge is 2.19. The molecule has 6 heteroatoms. The Balaban J connectivity index is 2.34. The van der Waals surface area contributed by atoms with Crippen molar-refractivity contribution in [2.75, 3.05) is 19.3 Å². The van der Waals surface area contributed by atoms with Crippen molar-refractivity contribution in [3.05, 3.63) is 35.4 Å². The Morgan fingerprint density at radius 2 is 1.82 bits per heavy atom. The van der Waals surface area contributed by atoms with E-state index in [1.165, 1.54) is 16.1 Å². The summed E-state index contributed by atoms with van der Waals surface area (Å²) < 4.78 is 24.7. The Morgan fingerprint density at radius 1 is 1.23 bits per heavy atom. The van der Waals surface area contributed by atoms with Crippen molar-refractivity contribution in [3.63, 3.8) is 0 Å². The Hall–Kier alpha value is -1.40. The molecule has 0 saturated carbocycles. The van der Waals surface area contributed by atoms with Crippen LogP contribution in [-0.4, -0.2) is 44.0 Å². The van der Waals surface area contributed by atoms with Gasteiger partial charge >= 0.3 is 0 Å². The van der Waals surface area contributed by atoms with E-state index >= 15 is 0 Å². The fourth-order valence-electron chi connectivity index (χ4n) is 2.22. The van der Waals surface area contributed by atoms with E-state index in [9.17, 15) is 13.2 Å². The van der Waals surface area contributed by atoms with Gasteiger partial charge in [0, 0.05) is 19.1 Å². The molecule has 1 aromatic carbocycles. The molecule has 0 radical (unpaired) electrons. The number of carbonyl (C=O) groups is 1. The average Bonchev–Trinajstić information content (AvgIpc) is 2.39. The first-order valence-corrected chi connectivity index (χ1v) is 9.34. The molecule has 1 aromatic rings. The van der Waals surface area contributed by atoms with Gasteiger partial charge in [-0.25, -0.2) is 8.42 Å². The number of hydrogen-bond acceptors (Lipinski definition) is 3. The van der Waals surface area contributed by atoms with Crippen LogP contribution in [0, 0.1) is 6.92 Å². The molecule has 22 heavy (non-hydrogen) atoms. The number of amides is 1. The van der Waals surface area contributed by atoms with Crippen LogP contribution in [0.25, 0.3) is 0 Å². The van der Waals surface area contributed by atoms with E-state index in [-0.39, 0.29) is 11.9 Å². The summed E-state index contributed by atoms with van der Waals surface area (Å²) in [6, 6.07) is 7.78. The molecule has 1 N–H and O–H groups in total. The summed E-state index contributed by atoms with van der Waals surface area (Å²) in [4.78, 5) is 11.8. The molecule has 0 aliphatic heterocycles. The maximum Gasteiger partial charge on any atom is 0.224 e. The summed E-state index contributed by atoms with van der Waals surface area (Å²) >= 11 is 0. The van der Waals surface area contributed by atoms with Crippen LogP contribution in [0.5, 0.6) is 0 Å². The van der Waals surface area contributed by atoms with E-state index in [0.717, 1.165) is 5.56 Å². The molecule has 0 aliphatic carbocycles. The molecule has 1 rings (SSSR count). The van der Waals surface area contributed by atoms with Crippen LogP contribution in [-0.2, 0) is 21.2 Å². The van der Waals surface area contributed by atoms with Crippen molar-refractivity contribution in [2.45, 2.75) is 39.7 Å². The smallest absolute Gasteiger partial charge is 0.224 e. The van der Waals surface area contributed by atoms with Gasteiger partial charge in [-0.1, -0.05) is 29.8 Å². The highest BCUT2D eigenvalue weighted by Crippen LogP contribution is 2.06. The van der Waals surface area contributed by atoms with Gasteiger partial charge in [-0.2, -0.15) is 4.31 Å². The van der Waals surface area contributed by atoms with Crippen molar-refractivity contribution >= 4 is 15.9 Å². The molecule has 0 saturated heterocycles. The standard InChI is InChI=1S/C16H26N2O3S/c1-13(2)18(22(4,20)21)11-5-10-17-16(19)12-15-8-6-14(3)7-9-15/h6-9,13H,5,10-12H2,1-4H3,(H,17,19). The zero-order valence-electron chi connectivity index (χ0n) is 13.8. The second kappa shape index (κ2) is 8.29. The quantitative estimate of drug-likeness (QED) is 0.740. The maximum absolute atomic E-state index is 11.8. The lowest BCUT2D eigenvalue weighted by atomic mass is 10.1. The van der Waals surface area contributed by atoms with Crippen molar-refractivity contribution < 1.29 is 13.2 Å². The first-order chi connectivity index (χ1) is 10.2. The number of aryl methyl sites for hydroxylation is 1. The monoisotopic (exact) mass is 326 g/mol. The zero-order valence-corrected chi connectivity index (χ0v) is 14.6. The Bertz CT molecular complexity index is 580. The first kappa shape index (κ1) is 18.6. The minimum atomic E-state index is -3.20. The van der Waals surface area contributed by atoms with Crippen LogP contribution in [0.1, 0.15) is 31.4 Å². The van der Waals surface area contributed by atoms with Gasteiger partial charge in [-0.3, -0.25) is 4.79 Å². The van der Waals surface area contributed by atoms with Gasteiger partial charge < -0.3 is 5.32 Å². The summed E-state index contributed by atoms with van der Waals surface area (Å²) in [6.45, 7) is 6.59. The summed E-state index contributed by atoms with van der Waals surface area (Å²) in [7, 11) is -3.20. The average molecular weight is 326 g/mol. The third-order valence-electron chi connectivity index (χ3n) is 3.36. The molecule has 0 atom stereocenters. The number of sulfonamides is 1. The Labute approximate surface area is 133 Å². The van der Waals surface area contributed by atoms with Crippen LogP contribution in [0.3, 0.4) is 0 Å². The van der Waals surface area contributed by atoms with E-state index < -0.39 is 10.0 Å². The molecule has 0 spiro atoms. The molecular weight excluding hydrogens is 300 g/mol. The molecule has 0 aliphatic rings. The Kier molecular flexibility index (Phi) is 7.03. The third-order valence-corrected chi connectivity index (χ3v) is 4.82. The lowest BCUT2D eigenvalue weighted by molar-refractivity contribution is -0.120. The fraction of sp³-hybridized carbons (Fsp3) is 0.562. The van der Waals surface area contributed by atoms with Gasteiger partial charge in [0.1, 0.15) is 0 Å². The van der Waals surface area contributed by atoms with Crippen molar-refractivity contribution in [3.8, 4) is 0 Å². The molecule has 124 valence electrons. The van der Waals surface area contributed by atoms with Gasteiger partial charge in [0.05, 0.1) is 12.7 Å². The topological polar surface area (TPSA) is 66.5 Å².